The monoisotopic (exact) mass is 189 g/mol. The number of nitrogens with zero attached hydrogens (tertiary/aromatic N) is 1. The van der Waals surface area contributed by atoms with Crippen molar-refractivity contribution in [2.75, 3.05) is 13.1 Å². The first-order valence-corrected chi connectivity index (χ1v) is 5.11. The summed E-state index contributed by atoms with van der Waals surface area (Å²) in [5, 5.41) is 0. The quantitative estimate of drug-likeness (QED) is 0.644. The molecule has 13 heavy (non-hydrogen) atoms. The minimum Gasteiger partial charge on any atom is -0.299 e. The van der Waals surface area contributed by atoms with Crippen LogP contribution in [0.1, 0.15) is 26.7 Å². The highest BCUT2D eigenvalue weighted by molar-refractivity contribution is 5.01. The Kier molecular flexibility index (Phi) is 2.10. The molecule has 1 nitrogen and oxygen atoms in total. The van der Waals surface area contributed by atoms with Crippen LogP contribution in [0.5, 0.6) is 0 Å². The molecule has 1 heterocycles. The fraction of sp³-hybridized carbons (Fsp3) is 1.00. The molecule has 3 heteroatoms. The van der Waals surface area contributed by atoms with Gasteiger partial charge in [-0.25, -0.2) is 8.78 Å². The van der Waals surface area contributed by atoms with Crippen molar-refractivity contribution in [1.29, 1.82) is 0 Å². The van der Waals surface area contributed by atoms with Crippen LogP contribution in [0, 0.1) is 11.8 Å². The third kappa shape index (κ3) is 1.58. The molecule has 1 aliphatic heterocycles. The summed E-state index contributed by atoms with van der Waals surface area (Å²) in [6.45, 7) is 5.89. The lowest BCUT2D eigenvalue weighted by Gasteiger charge is -2.32. The molecular weight excluding hydrogens is 172 g/mol. The van der Waals surface area contributed by atoms with E-state index >= 15 is 0 Å². The largest absolute Gasteiger partial charge is 0.299 e. The molecule has 0 N–H and O–H groups in total. The summed E-state index contributed by atoms with van der Waals surface area (Å²) in [6, 6.07) is 0.169. The highest BCUT2D eigenvalue weighted by atomic mass is 19.3. The van der Waals surface area contributed by atoms with Gasteiger partial charge in [0.25, 0.3) is 5.92 Å². The third-order valence-electron chi connectivity index (χ3n) is 3.23. The third-order valence-corrected chi connectivity index (χ3v) is 3.23. The van der Waals surface area contributed by atoms with Crippen molar-refractivity contribution in [2.45, 2.75) is 38.7 Å². The van der Waals surface area contributed by atoms with Gasteiger partial charge in [-0.1, -0.05) is 13.8 Å². The van der Waals surface area contributed by atoms with E-state index in [0.717, 1.165) is 13.0 Å². The van der Waals surface area contributed by atoms with Crippen LogP contribution in [-0.2, 0) is 0 Å². The molecule has 2 aliphatic rings. The van der Waals surface area contributed by atoms with Crippen LogP contribution >= 0.6 is 0 Å². The van der Waals surface area contributed by atoms with Crippen LogP contribution in [0.2, 0.25) is 0 Å². The van der Waals surface area contributed by atoms with E-state index < -0.39 is 5.92 Å². The van der Waals surface area contributed by atoms with Crippen molar-refractivity contribution in [1.82, 2.24) is 4.90 Å². The molecule has 0 aromatic rings. The van der Waals surface area contributed by atoms with Crippen molar-refractivity contribution in [3.05, 3.63) is 0 Å². The maximum Gasteiger partial charge on any atom is 0.253 e. The Balaban J connectivity index is 1.96. The van der Waals surface area contributed by atoms with E-state index in [2.05, 4.69) is 18.7 Å². The Labute approximate surface area is 78.1 Å². The Morgan fingerprint density at radius 1 is 1.46 bits per heavy atom. The second-order valence-corrected chi connectivity index (χ2v) is 4.90. The van der Waals surface area contributed by atoms with Crippen molar-refractivity contribution >= 4 is 0 Å². The molecule has 2 bridgehead atoms. The zero-order valence-electron chi connectivity index (χ0n) is 8.26. The van der Waals surface area contributed by atoms with Gasteiger partial charge in [0, 0.05) is 31.5 Å². The van der Waals surface area contributed by atoms with Gasteiger partial charge in [-0.3, -0.25) is 4.90 Å². The summed E-state index contributed by atoms with van der Waals surface area (Å²) in [5.41, 5.74) is 0. The first-order valence-electron chi connectivity index (χ1n) is 5.11. The summed E-state index contributed by atoms with van der Waals surface area (Å²) in [6.07, 6.45) is 0.824. The number of alkyl halides is 2. The molecule has 0 radical (unpaired) electrons. The Morgan fingerprint density at radius 2 is 2.15 bits per heavy atom. The number of fused-ring (bicyclic) bond motifs is 2. The number of rotatable bonds is 2. The molecule has 1 aliphatic carbocycles. The lowest BCUT2D eigenvalue weighted by Crippen LogP contribution is -2.42. The zero-order chi connectivity index (χ0) is 9.64. The topological polar surface area (TPSA) is 3.24 Å². The summed E-state index contributed by atoms with van der Waals surface area (Å²) in [5.74, 6) is -2.12. The maximum atomic E-state index is 13.1. The summed E-state index contributed by atoms with van der Waals surface area (Å²) in [4.78, 5) is 2.24. The smallest absolute Gasteiger partial charge is 0.253 e. The molecule has 0 spiro atoms. The van der Waals surface area contributed by atoms with Crippen LogP contribution in [-0.4, -0.2) is 30.0 Å². The van der Waals surface area contributed by atoms with Crippen LogP contribution in [0.15, 0.2) is 0 Å². The van der Waals surface area contributed by atoms with Crippen molar-refractivity contribution in [3.63, 3.8) is 0 Å². The van der Waals surface area contributed by atoms with Crippen LogP contribution in [0.3, 0.4) is 0 Å². The molecule has 0 aromatic heterocycles. The summed E-state index contributed by atoms with van der Waals surface area (Å²) in [7, 11) is 0. The van der Waals surface area contributed by atoms with Crippen molar-refractivity contribution in [2.24, 2.45) is 11.8 Å². The first-order chi connectivity index (χ1) is 5.99. The van der Waals surface area contributed by atoms with E-state index in [-0.39, 0.29) is 18.4 Å². The molecule has 2 unspecified atom stereocenters. The molecule has 1 saturated heterocycles. The van der Waals surface area contributed by atoms with E-state index in [1.54, 1.807) is 0 Å². The van der Waals surface area contributed by atoms with Crippen LogP contribution in [0.25, 0.3) is 0 Å². The van der Waals surface area contributed by atoms with Crippen molar-refractivity contribution < 1.29 is 8.78 Å². The van der Waals surface area contributed by atoms with Gasteiger partial charge in [-0.05, 0) is 12.3 Å². The average molecular weight is 189 g/mol. The highest BCUT2D eigenvalue weighted by Crippen LogP contribution is 2.48. The molecule has 1 saturated carbocycles. The zero-order valence-corrected chi connectivity index (χ0v) is 8.26. The van der Waals surface area contributed by atoms with Gasteiger partial charge in [-0.2, -0.15) is 0 Å². The minimum absolute atomic E-state index is 0.102. The maximum absolute atomic E-state index is 13.1. The minimum atomic E-state index is -2.36. The predicted molar refractivity (Wildman–Crippen MR) is 47.9 cm³/mol. The average Bonchev–Trinajstić information content (AvgIpc) is 2.41. The van der Waals surface area contributed by atoms with Gasteiger partial charge >= 0.3 is 0 Å². The number of likely N-dealkylation sites (tertiary alicyclic amines) is 1. The van der Waals surface area contributed by atoms with Gasteiger partial charge in [0.2, 0.25) is 0 Å². The fourth-order valence-corrected chi connectivity index (χ4v) is 2.68. The highest BCUT2D eigenvalue weighted by Gasteiger charge is 2.55. The van der Waals surface area contributed by atoms with Crippen LogP contribution in [0.4, 0.5) is 8.78 Å². The normalized spacial score (nSPS) is 37.6. The van der Waals surface area contributed by atoms with Crippen molar-refractivity contribution in [3.8, 4) is 0 Å². The summed E-state index contributed by atoms with van der Waals surface area (Å²) < 4.78 is 26.2. The molecular formula is C10H17F2N. The molecule has 2 fully saturated rings. The Morgan fingerprint density at radius 3 is 2.54 bits per heavy atom. The van der Waals surface area contributed by atoms with Gasteiger partial charge < -0.3 is 0 Å². The number of piperidine rings is 1. The van der Waals surface area contributed by atoms with Gasteiger partial charge in [0.1, 0.15) is 0 Å². The van der Waals surface area contributed by atoms with Gasteiger partial charge in [0.15, 0.2) is 0 Å². The van der Waals surface area contributed by atoms with E-state index in [0.29, 0.717) is 12.5 Å². The molecule has 2 rings (SSSR count). The number of hydrogen-bond donors (Lipinski definition) is 0. The van der Waals surface area contributed by atoms with Gasteiger partial charge in [0.05, 0.1) is 0 Å². The Bertz CT molecular complexity index is 201. The standard InChI is InChI=1S/C10H17F2N/c1-7(2)5-13-6-8-3-9(13)4-10(8,11)12/h7-9H,3-6H2,1-2H3. The molecule has 0 aromatic carbocycles. The Hall–Kier alpha value is -0.180. The van der Waals surface area contributed by atoms with E-state index in [1.807, 2.05) is 0 Å². The van der Waals surface area contributed by atoms with E-state index in [4.69, 9.17) is 0 Å². The number of hydrogen-bond acceptors (Lipinski definition) is 1. The predicted octanol–water partition coefficient (Wildman–Crippen LogP) is 2.37. The molecule has 0 amide bonds. The molecule has 2 atom stereocenters. The molecule has 76 valence electrons. The second kappa shape index (κ2) is 2.91. The fourth-order valence-electron chi connectivity index (χ4n) is 2.68. The second-order valence-electron chi connectivity index (χ2n) is 4.90. The van der Waals surface area contributed by atoms with Gasteiger partial charge in [-0.15, -0.1) is 0 Å². The van der Waals surface area contributed by atoms with E-state index in [9.17, 15) is 8.78 Å². The lowest BCUT2D eigenvalue weighted by molar-refractivity contribution is -0.0685. The van der Waals surface area contributed by atoms with Crippen LogP contribution < -0.4 is 0 Å². The first kappa shape index (κ1) is 9.38. The lowest BCUT2D eigenvalue weighted by atomic mass is 10.0. The van der Waals surface area contributed by atoms with E-state index in [1.165, 1.54) is 0 Å². The number of halogens is 2. The summed E-state index contributed by atoms with van der Waals surface area (Å²) >= 11 is 0. The SMILES string of the molecule is CC(C)CN1CC2CC1CC2(F)F.